The first kappa shape index (κ1) is 27.2. The van der Waals surface area contributed by atoms with Crippen LogP contribution in [0, 0.1) is 0 Å². The molecule has 0 aromatic heterocycles. The first-order valence-corrected chi connectivity index (χ1v) is 10.9. The van der Waals surface area contributed by atoms with Crippen molar-refractivity contribution < 1.29 is 52.6 Å². The minimum absolute atomic E-state index is 0.118. The fraction of sp³-hybridized carbons (Fsp3) is 0.773. The molecule has 2 aliphatic rings. The molecule has 11 nitrogen and oxygen atoms in total. The molecule has 6 atom stereocenters. The van der Waals surface area contributed by atoms with Crippen LogP contribution in [0.2, 0.25) is 0 Å². The fourth-order valence-corrected chi connectivity index (χ4v) is 3.60. The molecule has 2 rings (SSSR count). The first-order chi connectivity index (χ1) is 15.4. The quantitative estimate of drug-likeness (QED) is 0.201. The van der Waals surface area contributed by atoms with E-state index < -0.39 is 60.5 Å². The van der Waals surface area contributed by atoms with Crippen LogP contribution in [-0.2, 0) is 47.5 Å². The summed E-state index contributed by atoms with van der Waals surface area (Å²) in [7, 11) is 0. The molecule has 33 heavy (non-hydrogen) atoms. The molecule has 0 saturated carbocycles. The van der Waals surface area contributed by atoms with Crippen molar-refractivity contribution in [3.8, 4) is 0 Å². The van der Waals surface area contributed by atoms with E-state index in [2.05, 4.69) is 6.58 Å². The second-order valence-corrected chi connectivity index (χ2v) is 8.37. The summed E-state index contributed by atoms with van der Waals surface area (Å²) in [5.74, 6) is -4.96. The minimum atomic E-state index is -1.87. The summed E-state index contributed by atoms with van der Waals surface area (Å²) in [5, 5.41) is 10.7. The number of carbonyl (C=O) groups is 3. The number of fused-ring (bicyclic) bond motifs is 1. The van der Waals surface area contributed by atoms with Gasteiger partial charge in [0.1, 0.15) is 12.7 Å². The topological polar surface area (TPSA) is 136 Å². The van der Waals surface area contributed by atoms with Gasteiger partial charge in [0.2, 0.25) is 0 Å². The molecule has 2 heterocycles. The molecule has 0 aromatic carbocycles. The van der Waals surface area contributed by atoms with Crippen LogP contribution < -0.4 is 0 Å². The Labute approximate surface area is 193 Å². The van der Waals surface area contributed by atoms with Crippen molar-refractivity contribution in [3.05, 3.63) is 12.2 Å². The molecule has 188 valence electrons. The van der Waals surface area contributed by atoms with Gasteiger partial charge in [0.25, 0.3) is 0 Å². The summed E-state index contributed by atoms with van der Waals surface area (Å²) in [4.78, 5) is 35.6. The Morgan fingerprint density at radius 2 is 1.76 bits per heavy atom. The Hall–Kier alpha value is -2.05. The SMILES string of the molecule is C=C(C)C(=O)OCC1CC(OC(C)(O)CC(=O)OCC)[C@H]2OC(C)(CC(=O)OCC)O[C@H]2O1. The van der Waals surface area contributed by atoms with Crippen molar-refractivity contribution in [2.24, 2.45) is 0 Å². The molecule has 1 N–H and O–H groups in total. The van der Waals surface area contributed by atoms with Crippen molar-refractivity contribution in [3.63, 3.8) is 0 Å². The zero-order chi connectivity index (χ0) is 24.8. The smallest absolute Gasteiger partial charge is 0.333 e. The van der Waals surface area contributed by atoms with Crippen LogP contribution in [0.25, 0.3) is 0 Å². The predicted octanol–water partition coefficient (Wildman–Crippen LogP) is 1.35. The second kappa shape index (κ2) is 11.4. The van der Waals surface area contributed by atoms with Gasteiger partial charge in [-0.15, -0.1) is 0 Å². The monoisotopic (exact) mass is 474 g/mol. The molecular formula is C22H34O11. The second-order valence-electron chi connectivity index (χ2n) is 8.37. The summed E-state index contributed by atoms with van der Waals surface area (Å²) in [6.07, 6.45) is -3.73. The van der Waals surface area contributed by atoms with Gasteiger partial charge in [0.05, 0.1) is 38.3 Å². The Bertz CT molecular complexity index is 734. The highest BCUT2D eigenvalue weighted by molar-refractivity contribution is 5.86. The van der Waals surface area contributed by atoms with Gasteiger partial charge in [-0.1, -0.05) is 6.58 Å². The van der Waals surface area contributed by atoms with E-state index >= 15 is 0 Å². The molecule has 0 spiro atoms. The largest absolute Gasteiger partial charge is 0.466 e. The summed E-state index contributed by atoms with van der Waals surface area (Å²) >= 11 is 0. The summed E-state index contributed by atoms with van der Waals surface area (Å²) in [6.45, 7) is 11.5. The molecule has 2 saturated heterocycles. The van der Waals surface area contributed by atoms with Crippen molar-refractivity contribution in [2.75, 3.05) is 19.8 Å². The van der Waals surface area contributed by atoms with Gasteiger partial charge in [-0.05, 0) is 34.6 Å². The molecule has 2 fully saturated rings. The van der Waals surface area contributed by atoms with Crippen LogP contribution in [0.1, 0.15) is 53.9 Å². The van der Waals surface area contributed by atoms with E-state index in [1.54, 1.807) is 20.8 Å². The van der Waals surface area contributed by atoms with Gasteiger partial charge in [0.15, 0.2) is 17.9 Å². The predicted molar refractivity (Wildman–Crippen MR) is 111 cm³/mol. The van der Waals surface area contributed by atoms with Crippen molar-refractivity contribution in [1.82, 2.24) is 0 Å². The third kappa shape index (κ3) is 8.04. The number of ether oxygens (including phenoxy) is 7. The average Bonchev–Trinajstić information content (AvgIpc) is 3.01. The number of esters is 3. The molecule has 0 aromatic rings. The van der Waals surface area contributed by atoms with Crippen LogP contribution in [0.15, 0.2) is 12.2 Å². The number of hydrogen-bond donors (Lipinski definition) is 1. The van der Waals surface area contributed by atoms with Crippen LogP contribution in [0.5, 0.6) is 0 Å². The number of aliphatic hydroxyl groups is 1. The van der Waals surface area contributed by atoms with Crippen molar-refractivity contribution >= 4 is 17.9 Å². The van der Waals surface area contributed by atoms with Crippen LogP contribution in [0.4, 0.5) is 0 Å². The van der Waals surface area contributed by atoms with E-state index in [1.165, 1.54) is 13.8 Å². The summed E-state index contributed by atoms with van der Waals surface area (Å²) in [6, 6.07) is 0. The molecule has 0 bridgehead atoms. The standard InChI is InChI=1S/C22H34O11/c1-7-27-16(23)10-21(5,26)31-15-9-14(12-29-19(25)13(3)4)30-20-18(15)32-22(6,33-20)11-17(24)28-8-2/h14-15,18,20,26H,3,7-12H2,1-2,4-6H3/t14?,15?,18-,20-,21?,22?/m1/s1. The van der Waals surface area contributed by atoms with E-state index in [1.807, 2.05) is 0 Å². The van der Waals surface area contributed by atoms with E-state index in [-0.39, 0.29) is 38.2 Å². The molecule has 0 amide bonds. The van der Waals surface area contributed by atoms with Gasteiger partial charge in [0, 0.05) is 12.0 Å². The van der Waals surface area contributed by atoms with E-state index in [0.29, 0.717) is 0 Å². The molecule has 11 heteroatoms. The third-order valence-electron chi connectivity index (χ3n) is 4.91. The van der Waals surface area contributed by atoms with Gasteiger partial charge in [-0.25, -0.2) is 4.79 Å². The van der Waals surface area contributed by atoms with E-state index in [9.17, 15) is 19.5 Å². The lowest BCUT2D eigenvalue weighted by Crippen LogP contribution is -2.52. The molecule has 0 aliphatic carbocycles. The molecule has 0 radical (unpaired) electrons. The van der Waals surface area contributed by atoms with Crippen molar-refractivity contribution in [1.29, 1.82) is 0 Å². The number of rotatable bonds is 11. The number of carbonyl (C=O) groups excluding carboxylic acids is 3. The Kier molecular flexibility index (Phi) is 9.38. The molecular weight excluding hydrogens is 440 g/mol. The number of hydrogen-bond acceptors (Lipinski definition) is 11. The van der Waals surface area contributed by atoms with Crippen LogP contribution in [0.3, 0.4) is 0 Å². The maximum atomic E-state index is 12.0. The maximum Gasteiger partial charge on any atom is 0.333 e. The zero-order valence-electron chi connectivity index (χ0n) is 19.8. The lowest BCUT2D eigenvalue weighted by molar-refractivity contribution is -0.282. The third-order valence-corrected chi connectivity index (χ3v) is 4.91. The highest BCUT2D eigenvalue weighted by Crippen LogP contribution is 2.40. The Morgan fingerprint density at radius 3 is 2.36 bits per heavy atom. The summed E-state index contributed by atoms with van der Waals surface area (Å²) in [5.41, 5.74) is 0.233. The van der Waals surface area contributed by atoms with Crippen LogP contribution in [-0.4, -0.2) is 79.0 Å². The lowest BCUT2D eigenvalue weighted by Gasteiger charge is -2.39. The molecule has 4 unspecified atom stereocenters. The minimum Gasteiger partial charge on any atom is -0.466 e. The normalized spacial score (nSPS) is 30.6. The average molecular weight is 475 g/mol. The highest BCUT2D eigenvalue weighted by atomic mass is 16.8. The Morgan fingerprint density at radius 1 is 1.12 bits per heavy atom. The highest BCUT2D eigenvalue weighted by Gasteiger charge is 2.55. The van der Waals surface area contributed by atoms with Crippen molar-refractivity contribution in [2.45, 2.75) is 90.1 Å². The van der Waals surface area contributed by atoms with Gasteiger partial charge >= 0.3 is 17.9 Å². The van der Waals surface area contributed by atoms with Crippen LogP contribution >= 0.6 is 0 Å². The molecule has 2 aliphatic heterocycles. The van der Waals surface area contributed by atoms with E-state index in [0.717, 1.165) is 0 Å². The van der Waals surface area contributed by atoms with Gasteiger partial charge in [-0.2, -0.15) is 0 Å². The van der Waals surface area contributed by atoms with Gasteiger partial charge < -0.3 is 38.3 Å². The lowest BCUT2D eigenvalue weighted by atomic mass is 10.0. The van der Waals surface area contributed by atoms with Gasteiger partial charge in [-0.3, -0.25) is 9.59 Å². The maximum absolute atomic E-state index is 12.0. The fourth-order valence-electron chi connectivity index (χ4n) is 3.60. The first-order valence-electron chi connectivity index (χ1n) is 10.9. The summed E-state index contributed by atoms with van der Waals surface area (Å²) < 4.78 is 38.6. The zero-order valence-corrected chi connectivity index (χ0v) is 19.8. The Balaban J connectivity index is 2.15. The van der Waals surface area contributed by atoms with E-state index in [4.69, 9.17) is 33.2 Å².